The third kappa shape index (κ3) is 4.95. The van der Waals surface area contributed by atoms with Crippen LogP contribution in [0.25, 0.3) is 0 Å². The van der Waals surface area contributed by atoms with Gasteiger partial charge in [-0.1, -0.05) is 6.92 Å². The van der Waals surface area contributed by atoms with Crippen molar-refractivity contribution >= 4 is 17.6 Å². The molecule has 0 bridgehead atoms. The maximum Gasteiger partial charge on any atom is 0.255 e. The highest BCUT2D eigenvalue weighted by atomic mass is 16.2. The Labute approximate surface area is 112 Å². The summed E-state index contributed by atoms with van der Waals surface area (Å²) in [5.41, 5.74) is 5.91. The Morgan fingerprint density at radius 1 is 1.47 bits per heavy atom. The molecule has 0 saturated heterocycles. The van der Waals surface area contributed by atoms with Gasteiger partial charge in [0.2, 0.25) is 5.91 Å². The van der Waals surface area contributed by atoms with Gasteiger partial charge in [0.1, 0.15) is 5.82 Å². The van der Waals surface area contributed by atoms with E-state index in [1.165, 1.54) is 6.20 Å². The number of pyridine rings is 1. The molecule has 0 aliphatic rings. The number of nitrogen functional groups attached to an aromatic ring is 1. The van der Waals surface area contributed by atoms with E-state index in [4.69, 9.17) is 5.73 Å². The molecular weight excluding hydrogens is 244 g/mol. The molecule has 6 nitrogen and oxygen atoms in total. The number of rotatable bonds is 6. The lowest BCUT2D eigenvalue weighted by Crippen LogP contribution is -2.35. The zero-order valence-corrected chi connectivity index (χ0v) is 11.3. The molecule has 0 aromatic carbocycles. The number of nitrogens with zero attached hydrogens (tertiary/aromatic N) is 1. The van der Waals surface area contributed by atoms with Gasteiger partial charge < -0.3 is 16.4 Å². The Hall–Kier alpha value is -2.11. The fraction of sp³-hybridized carbons (Fsp3) is 0.462. The van der Waals surface area contributed by atoms with E-state index >= 15 is 0 Å². The third-order valence-electron chi connectivity index (χ3n) is 2.74. The van der Waals surface area contributed by atoms with Crippen LogP contribution in [0.1, 0.15) is 37.0 Å². The average molecular weight is 264 g/mol. The van der Waals surface area contributed by atoms with Gasteiger partial charge in [-0.05, 0) is 25.5 Å². The SMILES string of the molecule is CCC(C)NC(=O)CCNC(=O)c1cccnc1N. The van der Waals surface area contributed by atoms with Gasteiger partial charge in [0, 0.05) is 25.2 Å². The summed E-state index contributed by atoms with van der Waals surface area (Å²) < 4.78 is 0. The minimum absolute atomic E-state index is 0.0752. The molecule has 0 aliphatic carbocycles. The van der Waals surface area contributed by atoms with E-state index in [-0.39, 0.29) is 36.6 Å². The molecule has 19 heavy (non-hydrogen) atoms. The number of carbonyl (C=O) groups excluding carboxylic acids is 2. The summed E-state index contributed by atoms with van der Waals surface area (Å²) in [5, 5.41) is 5.47. The van der Waals surface area contributed by atoms with Crippen LogP contribution >= 0.6 is 0 Å². The summed E-state index contributed by atoms with van der Waals surface area (Å²) in [5.74, 6) is -0.209. The number of hydrogen-bond acceptors (Lipinski definition) is 4. The average Bonchev–Trinajstić information content (AvgIpc) is 2.38. The summed E-state index contributed by atoms with van der Waals surface area (Å²) >= 11 is 0. The van der Waals surface area contributed by atoms with Gasteiger partial charge in [-0.2, -0.15) is 0 Å². The molecule has 6 heteroatoms. The smallest absolute Gasteiger partial charge is 0.255 e. The number of amides is 2. The van der Waals surface area contributed by atoms with Crippen molar-refractivity contribution in [3.8, 4) is 0 Å². The minimum atomic E-state index is -0.318. The van der Waals surface area contributed by atoms with Crippen LogP contribution in [0.2, 0.25) is 0 Å². The van der Waals surface area contributed by atoms with Gasteiger partial charge in [-0.3, -0.25) is 9.59 Å². The van der Waals surface area contributed by atoms with Crippen LogP contribution in [0, 0.1) is 0 Å². The summed E-state index contributed by atoms with van der Waals surface area (Å²) in [7, 11) is 0. The quantitative estimate of drug-likeness (QED) is 0.704. The standard InChI is InChI=1S/C13H20N4O2/c1-3-9(2)17-11(18)6-8-16-13(19)10-5-4-7-15-12(10)14/h4-5,7,9H,3,6,8H2,1-2H3,(H2,14,15)(H,16,19)(H,17,18). The molecule has 2 amide bonds. The van der Waals surface area contributed by atoms with Crippen LogP contribution in [-0.4, -0.2) is 29.4 Å². The molecule has 0 radical (unpaired) electrons. The van der Waals surface area contributed by atoms with Crippen molar-refractivity contribution in [3.05, 3.63) is 23.9 Å². The molecule has 1 aromatic heterocycles. The van der Waals surface area contributed by atoms with Gasteiger partial charge in [0.15, 0.2) is 0 Å². The van der Waals surface area contributed by atoms with Crippen LogP contribution in [0.3, 0.4) is 0 Å². The lowest BCUT2D eigenvalue weighted by Gasteiger charge is -2.11. The van der Waals surface area contributed by atoms with Crippen LogP contribution in [0.4, 0.5) is 5.82 Å². The second-order valence-electron chi connectivity index (χ2n) is 4.32. The molecule has 1 aromatic rings. The third-order valence-corrected chi connectivity index (χ3v) is 2.74. The van der Waals surface area contributed by atoms with E-state index in [9.17, 15) is 9.59 Å². The first-order valence-corrected chi connectivity index (χ1v) is 6.32. The predicted octanol–water partition coefficient (Wildman–Crippen LogP) is 0.698. The number of hydrogen-bond donors (Lipinski definition) is 3. The Kier molecular flexibility index (Phi) is 5.78. The predicted molar refractivity (Wildman–Crippen MR) is 73.5 cm³/mol. The van der Waals surface area contributed by atoms with Gasteiger partial charge in [-0.15, -0.1) is 0 Å². The maximum atomic E-state index is 11.8. The molecule has 0 fully saturated rings. The second kappa shape index (κ2) is 7.35. The van der Waals surface area contributed by atoms with E-state index in [1.807, 2.05) is 13.8 Å². The van der Waals surface area contributed by atoms with Crippen molar-refractivity contribution in [3.63, 3.8) is 0 Å². The molecule has 0 aliphatic heterocycles. The number of anilines is 1. The molecule has 1 rings (SSSR count). The molecular formula is C13H20N4O2. The summed E-state index contributed by atoms with van der Waals surface area (Å²) in [4.78, 5) is 27.1. The summed E-state index contributed by atoms with van der Waals surface area (Å²) in [6, 6.07) is 3.38. The van der Waals surface area contributed by atoms with Crippen molar-refractivity contribution in [2.45, 2.75) is 32.7 Å². The molecule has 4 N–H and O–H groups in total. The summed E-state index contributed by atoms with van der Waals surface area (Å²) in [6.45, 7) is 4.21. The fourth-order valence-corrected chi connectivity index (χ4v) is 1.44. The highest BCUT2D eigenvalue weighted by molar-refractivity contribution is 5.98. The van der Waals surface area contributed by atoms with Gasteiger partial charge >= 0.3 is 0 Å². The van der Waals surface area contributed by atoms with Crippen molar-refractivity contribution in [2.24, 2.45) is 0 Å². The molecule has 0 saturated carbocycles. The van der Waals surface area contributed by atoms with Crippen LogP contribution in [0.5, 0.6) is 0 Å². The van der Waals surface area contributed by atoms with E-state index in [2.05, 4.69) is 15.6 Å². The molecule has 104 valence electrons. The van der Waals surface area contributed by atoms with Crippen molar-refractivity contribution in [2.75, 3.05) is 12.3 Å². The van der Waals surface area contributed by atoms with Crippen molar-refractivity contribution in [1.29, 1.82) is 0 Å². The monoisotopic (exact) mass is 264 g/mol. The van der Waals surface area contributed by atoms with Crippen LogP contribution in [-0.2, 0) is 4.79 Å². The van der Waals surface area contributed by atoms with Crippen molar-refractivity contribution in [1.82, 2.24) is 15.6 Å². The Morgan fingerprint density at radius 3 is 2.84 bits per heavy atom. The van der Waals surface area contributed by atoms with E-state index in [0.29, 0.717) is 5.56 Å². The lowest BCUT2D eigenvalue weighted by molar-refractivity contribution is -0.121. The molecule has 1 atom stereocenters. The van der Waals surface area contributed by atoms with E-state index in [1.54, 1.807) is 12.1 Å². The zero-order valence-electron chi connectivity index (χ0n) is 11.3. The second-order valence-corrected chi connectivity index (χ2v) is 4.32. The number of carbonyl (C=O) groups is 2. The van der Waals surface area contributed by atoms with Crippen LogP contribution < -0.4 is 16.4 Å². The summed E-state index contributed by atoms with van der Waals surface area (Å²) in [6.07, 6.45) is 2.65. The largest absolute Gasteiger partial charge is 0.383 e. The normalized spacial score (nSPS) is 11.7. The number of aromatic nitrogens is 1. The van der Waals surface area contributed by atoms with E-state index in [0.717, 1.165) is 6.42 Å². The van der Waals surface area contributed by atoms with Gasteiger partial charge in [0.05, 0.1) is 5.56 Å². The first-order chi connectivity index (χ1) is 9.04. The lowest BCUT2D eigenvalue weighted by atomic mass is 10.2. The minimum Gasteiger partial charge on any atom is -0.383 e. The first-order valence-electron chi connectivity index (χ1n) is 6.32. The number of nitrogens with two attached hydrogens (primary N) is 1. The highest BCUT2D eigenvalue weighted by Crippen LogP contribution is 2.05. The van der Waals surface area contributed by atoms with Crippen molar-refractivity contribution < 1.29 is 9.59 Å². The highest BCUT2D eigenvalue weighted by Gasteiger charge is 2.10. The Bertz CT molecular complexity index is 448. The number of nitrogens with one attached hydrogen (secondary N) is 2. The Morgan fingerprint density at radius 2 is 2.21 bits per heavy atom. The van der Waals surface area contributed by atoms with E-state index < -0.39 is 0 Å². The molecule has 1 heterocycles. The first kappa shape index (κ1) is 14.9. The topological polar surface area (TPSA) is 97.1 Å². The Balaban J connectivity index is 2.36. The fourth-order valence-electron chi connectivity index (χ4n) is 1.44. The zero-order chi connectivity index (χ0) is 14.3. The maximum absolute atomic E-state index is 11.8. The molecule has 0 spiro atoms. The van der Waals surface area contributed by atoms with Crippen LogP contribution in [0.15, 0.2) is 18.3 Å². The van der Waals surface area contributed by atoms with Gasteiger partial charge in [0.25, 0.3) is 5.91 Å². The molecule has 1 unspecified atom stereocenters. The van der Waals surface area contributed by atoms with Gasteiger partial charge in [-0.25, -0.2) is 4.98 Å².